The predicted octanol–water partition coefficient (Wildman–Crippen LogP) is 3.57. The number of nitrogens with zero attached hydrogens (tertiary/aromatic N) is 4. The van der Waals surface area contributed by atoms with Crippen LogP contribution in [0.25, 0.3) is 4.96 Å². The molecule has 0 atom stereocenters. The van der Waals surface area contributed by atoms with Gasteiger partial charge in [0.2, 0.25) is 4.96 Å². The molecule has 7 nitrogen and oxygen atoms in total. The topological polar surface area (TPSA) is 70.8 Å². The number of benzene rings is 2. The first kappa shape index (κ1) is 19.5. The average Bonchev–Trinajstić information content (AvgIpc) is 3.29. The van der Waals surface area contributed by atoms with Crippen LogP contribution in [0.1, 0.15) is 22.0 Å². The number of hydrogen-bond donors (Lipinski definition) is 0. The number of halogens is 1. The summed E-state index contributed by atoms with van der Waals surface area (Å²) in [6.07, 6.45) is 1.38. The van der Waals surface area contributed by atoms with Crippen LogP contribution in [-0.2, 0) is 12.8 Å². The lowest BCUT2D eigenvalue weighted by Crippen LogP contribution is -2.15. The molecule has 3 heterocycles. The first-order valence-corrected chi connectivity index (χ1v) is 9.81. The highest BCUT2D eigenvalue weighted by Gasteiger charge is 2.15. The lowest BCUT2D eigenvalue weighted by Gasteiger charge is -2.18. The van der Waals surface area contributed by atoms with Gasteiger partial charge in [0.25, 0.3) is 0 Å². The molecule has 0 spiro atoms. The minimum Gasteiger partial charge on any atom is -0.497 e. The van der Waals surface area contributed by atoms with Gasteiger partial charge in [-0.1, -0.05) is 29.5 Å². The van der Waals surface area contributed by atoms with Crippen LogP contribution in [0.15, 0.2) is 42.5 Å². The molecule has 0 saturated carbocycles. The fourth-order valence-electron chi connectivity index (χ4n) is 3.18. The van der Waals surface area contributed by atoms with Gasteiger partial charge in [-0.25, -0.2) is 0 Å². The third-order valence-electron chi connectivity index (χ3n) is 4.58. The van der Waals surface area contributed by atoms with Gasteiger partial charge in [-0.2, -0.15) is 9.61 Å². The Kier molecular flexibility index (Phi) is 5.55. The summed E-state index contributed by atoms with van der Waals surface area (Å²) in [5, 5.41) is 14.3. The van der Waals surface area contributed by atoms with Gasteiger partial charge in [0, 0.05) is 12.8 Å². The Hall–Kier alpha value is -2.84. The van der Waals surface area contributed by atoms with Crippen molar-refractivity contribution in [2.75, 3.05) is 20.3 Å². The number of aromatic nitrogens is 4. The molecule has 4 aromatic rings. The van der Waals surface area contributed by atoms with Crippen LogP contribution in [-0.4, -0.2) is 40.1 Å². The summed E-state index contributed by atoms with van der Waals surface area (Å²) in [7, 11) is 1.66. The predicted molar refractivity (Wildman–Crippen MR) is 112 cm³/mol. The van der Waals surface area contributed by atoms with E-state index in [4.69, 9.17) is 19.3 Å². The lowest BCUT2D eigenvalue weighted by molar-refractivity contribution is 0.171. The number of methoxy groups -OCH3 is 1. The summed E-state index contributed by atoms with van der Waals surface area (Å²) in [5.74, 6) is 3.26. The Morgan fingerprint density at radius 3 is 2.52 bits per heavy atom. The third kappa shape index (κ3) is 3.99. The highest BCUT2D eigenvalue weighted by Crippen LogP contribution is 2.31. The second-order valence-electron chi connectivity index (χ2n) is 6.49. The Bertz CT molecular complexity index is 1130. The summed E-state index contributed by atoms with van der Waals surface area (Å²) in [6, 6.07) is 14.0. The van der Waals surface area contributed by atoms with Crippen LogP contribution in [0.5, 0.6) is 17.2 Å². The van der Waals surface area contributed by atoms with Gasteiger partial charge in [-0.3, -0.25) is 0 Å². The van der Waals surface area contributed by atoms with Crippen molar-refractivity contribution in [3.05, 3.63) is 64.4 Å². The molecule has 0 amide bonds. The van der Waals surface area contributed by atoms with Crippen molar-refractivity contribution in [2.45, 2.75) is 12.8 Å². The van der Waals surface area contributed by atoms with Crippen LogP contribution in [0.3, 0.4) is 0 Å². The standard InChI is InChI=1S/C20H18N4O3S.ClH/c1-25-15-5-2-13(3-6-15)11-18-21-22-20-24(18)23-19(28-20)12-14-4-7-16-17(10-14)27-9-8-26-16;/h2-7,10H,8-9,11-12H2,1H3;1H. The number of ether oxygens (including phenoxy) is 3. The van der Waals surface area contributed by atoms with Crippen LogP contribution < -0.4 is 14.2 Å². The van der Waals surface area contributed by atoms with Crippen molar-refractivity contribution in [1.29, 1.82) is 0 Å². The fraction of sp³-hybridized carbons (Fsp3) is 0.250. The van der Waals surface area contributed by atoms with E-state index in [1.807, 2.05) is 47.0 Å². The van der Waals surface area contributed by atoms with Crippen LogP contribution in [0.2, 0.25) is 0 Å². The molecule has 9 heteroatoms. The van der Waals surface area contributed by atoms with Crippen molar-refractivity contribution in [3.8, 4) is 17.2 Å². The molecule has 1 aliphatic heterocycles. The molecule has 0 bridgehead atoms. The Balaban J connectivity index is 0.00000205. The van der Waals surface area contributed by atoms with E-state index >= 15 is 0 Å². The molecule has 5 rings (SSSR count). The van der Waals surface area contributed by atoms with Crippen molar-refractivity contribution in [1.82, 2.24) is 19.8 Å². The molecular weight excluding hydrogens is 412 g/mol. The molecule has 0 saturated heterocycles. The largest absolute Gasteiger partial charge is 0.497 e. The summed E-state index contributed by atoms with van der Waals surface area (Å²) in [5.41, 5.74) is 2.27. The van der Waals surface area contributed by atoms with Gasteiger partial charge in [-0.15, -0.1) is 22.6 Å². The van der Waals surface area contributed by atoms with Crippen molar-refractivity contribution in [3.63, 3.8) is 0 Å². The maximum absolute atomic E-state index is 5.67. The van der Waals surface area contributed by atoms with Crippen molar-refractivity contribution < 1.29 is 14.2 Å². The van der Waals surface area contributed by atoms with E-state index in [9.17, 15) is 0 Å². The molecule has 0 N–H and O–H groups in total. The van der Waals surface area contributed by atoms with Crippen molar-refractivity contribution >= 4 is 28.7 Å². The lowest BCUT2D eigenvalue weighted by atomic mass is 10.1. The Morgan fingerprint density at radius 2 is 1.72 bits per heavy atom. The summed E-state index contributed by atoms with van der Waals surface area (Å²) in [6.45, 7) is 1.18. The maximum Gasteiger partial charge on any atom is 0.234 e. The first-order chi connectivity index (χ1) is 13.8. The Labute approximate surface area is 177 Å². The third-order valence-corrected chi connectivity index (χ3v) is 5.48. The van der Waals surface area contributed by atoms with Gasteiger partial charge < -0.3 is 14.2 Å². The highest BCUT2D eigenvalue weighted by atomic mass is 35.5. The minimum absolute atomic E-state index is 0. The molecule has 0 fully saturated rings. The number of hydrogen-bond acceptors (Lipinski definition) is 7. The number of fused-ring (bicyclic) bond motifs is 2. The van der Waals surface area contributed by atoms with Gasteiger partial charge >= 0.3 is 0 Å². The van der Waals surface area contributed by atoms with E-state index in [0.29, 0.717) is 26.1 Å². The van der Waals surface area contributed by atoms with E-state index < -0.39 is 0 Å². The molecule has 0 radical (unpaired) electrons. The zero-order valence-corrected chi connectivity index (χ0v) is 17.3. The minimum atomic E-state index is 0. The molecule has 0 aliphatic carbocycles. The van der Waals surface area contributed by atoms with Crippen molar-refractivity contribution in [2.24, 2.45) is 0 Å². The zero-order chi connectivity index (χ0) is 18.9. The molecule has 29 heavy (non-hydrogen) atoms. The van der Waals surface area contributed by atoms with Gasteiger partial charge in [0.05, 0.1) is 7.11 Å². The first-order valence-electron chi connectivity index (χ1n) is 9.00. The maximum atomic E-state index is 5.67. The molecule has 0 unspecified atom stereocenters. The highest BCUT2D eigenvalue weighted by molar-refractivity contribution is 7.16. The second kappa shape index (κ2) is 8.26. The molecule has 150 valence electrons. The van der Waals surface area contributed by atoms with Gasteiger partial charge in [0.1, 0.15) is 24.0 Å². The second-order valence-corrected chi connectivity index (χ2v) is 7.53. The van der Waals surface area contributed by atoms with E-state index in [1.165, 1.54) is 0 Å². The van der Waals surface area contributed by atoms with E-state index in [2.05, 4.69) is 10.2 Å². The monoisotopic (exact) mass is 430 g/mol. The fourth-order valence-corrected chi connectivity index (χ4v) is 4.06. The zero-order valence-electron chi connectivity index (χ0n) is 15.7. The van der Waals surface area contributed by atoms with Crippen LogP contribution >= 0.6 is 23.7 Å². The van der Waals surface area contributed by atoms with E-state index in [0.717, 1.165) is 44.2 Å². The van der Waals surface area contributed by atoms with Crippen LogP contribution in [0.4, 0.5) is 0 Å². The smallest absolute Gasteiger partial charge is 0.234 e. The van der Waals surface area contributed by atoms with Crippen LogP contribution in [0, 0.1) is 0 Å². The van der Waals surface area contributed by atoms with E-state index in [1.54, 1.807) is 18.4 Å². The summed E-state index contributed by atoms with van der Waals surface area (Å²) in [4.78, 5) is 0.802. The average molecular weight is 431 g/mol. The van der Waals surface area contributed by atoms with Gasteiger partial charge in [0.15, 0.2) is 17.3 Å². The molecule has 1 aliphatic rings. The Morgan fingerprint density at radius 1 is 0.966 bits per heavy atom. The summed E-state index contributed by atoms with van der Waals surface area (Å²) >= 11 is 1.55. The SMILES string of the molecule is COc1ccc(Cc2nnc3sc(Cc4ccc5c(c4)OCCO5)nn23)cc1.Cl. The van der Waals surface area contributed by atoms with Gasteiger partial charge in [-0.05, 0) is 35.4 Å². The number of rotatable bonds is 5. The molecular formula is C20H19ClN4O3S. The normalized spacial score (nSPS) is 12.6. The van der Waals surface area contributed by atoms with E-state index in [-0.39, 0.29) is 12.4 Å². The summed E-state index contributed by atoms with van der Waals surface area (Å²) < 4.78 is 18.3. The molecule has 2 aromatic carbocycles. The quantitative estimate of drug-likeness (QED) is 0.482. The molecule has 2 aromatic heterocycles.